The highest BCUT2D eigenvalue weighted by atomic mass is 32.2. The standard InChI is InChI=1S/C23H22N2O3S/c1-17-21(23(26)25-15-14-18-8-5-6-9-19(18)16-25)12-7-13-22(17)24-29(27,28)20-10-3-2-4-11-20/h2-13,24H,14-16H2,1H3. The zero-order valence-corrected chi connectivity index (χ0v) is 16.9. The normalized spacial score (nSPS) is 13.6. The van der Waals surface area contributed by atoms with E-state index in [0.29, 0.717) is 29.9 Å². The fraction of sp³-hybridized carbons (Fsp3) is 0.174. The van der Waals surface area contributed by atoms with Gasteiger partial charge in [0.15, 0.2) is 0 Å². The maximum Gasteiger partial charge on any atom is 0.261 e. The second-order valence-corrected chi connectivity index (χ2v) is 8.82. The molecule has 5 nitrogen and oxygen atoms in total. The molecule has 1 heterocycles. The number of rotatable bonds is 4. The van der Waals surface area contributed by atoms with Gasteiger partial charge in [0.05, 0.1) is 10.6 Å². The summed E-state index contributed by atoms with van der Waals surface area (Å²) < 4.78 is 28.0. The number of amides is 1. The Morgan fingerprint density at radius 3 is 2.34 bits per heavy atom. The van der Waals surface area contributed by atoms with E-state index in [2.05, 4.69) is 10.8 Å². The third kappa shape index (κ3) is 3.89. The highest BCUT2D eigenvalue weighted by Crippen LogP contribution is 2.26. The molecule has 0 radical (unpaired) electrons. The van der Waals surface area contributed by atoms with Crippen LogP contribution >= 0.6 is 0 Å². The number of hydrogen-bond acceptors (Lipinski definition) is 3. The quantitative estimate of drug-likeness (QED) is 0.712. The van der Waals surface area contributed by atoms with Gasteiger partial charge in [-0.1, -0.05) is 48.5 Å². The number of carbonyl (C=O) groups excluding carboxylic acids is 1. The summed E-state index contributed by atoms with van der Waals surface area (Å²) in [6, 6.07) is 21.5. The number of nitrogens with zero attached hydrogens (tertiary/aromatic N) is 1. The first-order valence-electron chi connectivity index (χ1n) is 9.49. The number of fused-ring (bicyclic) bond motifs is 1. The van der Waals surface area contributed by atoms with Gasteiger partial charge in [0.2, 0.25) is 0 Å². The van der Waals surface area contributed by atoms with Crippen molar-refractivity contribution in [2.45, 2.75) is 24.8 Å². The van der Waals surface area contributed by atoms with E-state index in [1.807, 2.05) is 23.1 Å². The molecular formula is C23H22N2O3S. The zero-order valence-electron chi connectivity index (χ0n) is 16.1. The molecule has 1 amide bonds. The Hall–Kier alpha value is -3.12. The van der Waals surface area contributed by atoms with E-state index in [4.69, 9.17) is 0 Å². The fourth-order valence-corrected chi connectivity index (χ4v) is 4.76. The van der Waals surface area contributed by atoms with Crippen LogP contribution in [0.3, 0.4) is 0 Å². The highest BCUT2D eigenvalue weighted by molar-refractivity contribution is 7.92. The van der Waals surface area contributed by atoms with Gasteiger partial charge in [-0.2, -0.15) is 0 Å². The maximum atomic E-state index is 13.2. The topological polar surface area (TPSA) is 66.5 Å². The van der Waals surface area contributed by atoms with Crippen molar-refractivity contribution in [2.75, 3.05) is 11.3 Å². The fourth-order valence-electron chi connectivity index (χ4n) is 3.62. The van der Waals surface area contributed by atoms with Gasteiger partial charge in [0.1, 0.15) is 0 Å². The van der Waals surface area contributed by atoms with E-state index in [0.717, 1.165) is 12.0 Å². The van der Waals surface area contributed by atoms with Gasteiger partial charge in [0.25, 0.3) is 15.9 Å². The summed E-state index contributed by atoms with van der Waals surface area (Å²) in [4.78, 5) is 15.2. The SMILES string of the molecule is Cc1c(NS(=O)(=O)c2ccccc2)cccc1C(=O)N1CCc2ccccc2C1. The highest BCUT2D eigenvalue weighted by Gasteiger charge is 2.24. The molecular weight excluding hydrogens is 384 g/mol. The van der Waals surface area contributed by atoms with Crippen LogP contribution < -0.4 is 4.72 Å². The molecule has 0 spiro atoms. The lowest BCUT2D eigenvalue weighted by atomic mass is 9.98. The summed E-state index contributed by atoms with van der Waals surface area (Å²) in [6.07, 6.45) is 0.821. The van der Waals surface area contributed by atoms with Crippen LogP contribution in [0.25, 0.3) is 0 Å². The lowest BCUT2D eigenvalue weighted by Crippen LogP contribution is -2.36. The molecule has 0 unspecified atom stereocenters. The number of benzene rings is 3. The molecule has 148 valence electrons. The van der Waals surface area contributed by atoms with Crippen LogP contribution in [0, 0.1) is 6.92 Å². The van der Waals surface area contributed by atoms with Crippen molar-refractivity contribution in [2.24, 2.45) is 0 Å². The second-order valence-electron chi connectivity index (χ2n) is 7.14. The van der Waals surface area contributed by atoms with Crippen LogP contribution in [0.15, 0.2) is 77.7 Å². The van der Waals surface area contributed by atoms with Crippen molar-refractivity contribution in [3.05, 3.63) is 95.1 Å². The summed E-state index contributed by atoms with van der Waals surface area (Å²) >= 11 is 0. The molecule has 1 N–H and O–H groups in total. The zero-order chi connectivity index (χ0) is 20.4. The Morgan fingerprint density at radius 2 is 1.59 bits per heavy atom. The maximum absolute atomic E-state index is 13.2. The van der Waals surface area contributed by atoms with Gasteiger partial charge < -0.3 is 4.90 Å². The molecule has 3 aromatic carbocycles. The third-order valence-electron chi connectivity index (χ3n) is 5.28. The van der Waals surface area contributed by atoms with Crippen molar-refractivity contribution in [3.8, 4) is 0 Å². The largest absolute Gasteiger partial charge is 0.334 e. The van der Waals surface area contributed by atoms with Crippen LogP contribution in [-0.2, 0) is 23.0 Å². The first-order chi connectivity index (χ1) is 14.0. The Kier molecular flexibility index (Phi) is 5.11. The van der Waals surface area contributed by atoms with Gasteiger partial charge in [-0.05, 0) is 54.3 Å². The van der Waals surface area contributed by atoms with Crippen LogP contribution in [0.5, 0.6) is 0 Å². The number of anilines is 1. The van der Waals surface area contributed by atoms with E-state index >= 15 is 0 Å². The Balaban J connectivity index is 1.59. The van der Waals surface area contributed by atoms with E-state index in [1.165, 1.54) is 17.7 Å². The van der Waals surface area contributed by atoms with Crippen molar-refractivity contribution in [1.29, 1.82) is 0 Å². The molecule has 29 heavy (non-hydrogen) atoms. The van der Waals surface area contributed by atoms with Crippen LogP contribution in [-0.4, -0.2) is 25.8 Å². The monoisotopic (exact) mass is 406 g/mol. The predicted octanol–water partition coefficient (Wildman–Crippen LogP) is 3.99. The molecule has 3 aromatic rings. The Labute approximate surface area is 171 Å². The minimum absolute atomic E-state index is 0.0854. The van der Waals surface area contributed by atoms with Gasteiger partial charge in [-0.15, -0.1) is 0 Å². The predicted molar refractivity (Wildman–Crippen MR) is 113 cm³/mol. The smallest absolute Gasteiger partial charge is 0.261 e. The number of nitrogens with one attached hydrogen (secondary N) is 1. The van der Waals surface area contributed by atoms with E-state index in [9.17, 15) is 13.2 Å². The molecule has 0 aliphatic carbocycles. The minimum Gasteiger partial charge on any atom is -0.334 e. The van der Waals surface area contributed by atoms with Crippen molar-refractivity contribution >= 4 is 21.6 Å². The molecule has 6 heteroatoms. The first kappa shape index (κ1) is 19.2. The molecule has 1 aliphatic heterocycles. The van der Waals surface area contributed by atoms with E-state index < -0.39 is 10.0 Å². The van der Waals surface area contributed by atoms with Gasteiger partial charge in [0, 0.05) is 18.7 Å². The summed E-state index contributed by atoms with van der Waals surface area (Å²) in [5.74, 6) is -0.0854. The lowest BCUT2D eigenvalue weighted by molar-refractivity contribution is 0.0734. The molecule has 0 saturated heterocycles. The average Bonchev–Trinajstić information content (AvgIpc) is 2.75. The summed E-state index contributed by atoms with van der Waals surface area (Å²) in [5, 5.41) is 0. The Morgan fingerprint density at radius 1 is 0.897 bits per heavy atom. The minimum atomic E-state index is -3.72. The van der Waals surface area contributed by atoms with Crippen molar-refractivity contribution in [1.82, 2.24) is 4.90 Å². The van der Waals surface area contributed by atoms with E-state index in [-0.39, 0.29) is 10.8 Å². The molecule has 1 aliphatic rings. The third-order valence-corrected chi connectivity index (χ3v) is 6.66. The number of hydrogen-bond donors (Lipinski definition) is 1. The molecule has 4 rings (SSSR count). The second kappa shape index (κ2) is 7.72. The molecule has 0 atom stereocenters. The van der Waals surface area contributed by atoms with Gasteiger partial charge in [-0.3, -0.25) is 9.52 Å². The number of sulfonamides is 1. The Bertz CT molecular complexity index is 1160. The average molecular weight is 407 g/mol. The lowest BCUT2D eigenvalue weighted by Gasteiger charge is -2.29. The molecule has 0 saturated carbocycles. The van der Waals surface area contributed by atoms with Crippen molar-refractivity contribution < 1.29 is 13.2 Å². The van der Waals surface area contributed by atoms with Gasteiger partial charge in [-0.25, -0.2) is 8.42 Å². The van der Waals surface area contributed by atoms with Crippen molar-refractivity contribution in [3.63, 3.8) is 0 Å². The summed E-state index contributed by atoms with van der Waals surface area (Å²) in [7, 11) is -3.72. The molecule has 0 fully saturated rings. The van der Waals surface area contributed by atoms with Crippen LogP contribution in [0.4, 0.5) is 5.69 Å². The summed E-state index contributed by atoms with van der Waals surface area (Å²) in [6.45, 7) is 2.98. The van der Waals surface area contributed by atoms with Crippen LogP contribution in [0.1, 0.15) is 27.0 Å². The summed E-state index contributed by atoms with van der Waals surface area (Å²) in [5.41, 5.74) is 3.98. The van der Waals surface area contributed by atoms with Gasteiger partial charge >= 0.3 is 0 Å². The number of carbonyl (C=O) groups is 1. The van der Waals surface area contributed by atoms with Crippen LogP contribution in [0.2, 0.25) is 0 Å². The molecule has 0 aromatic heterocycles. The molecule has 0 bridgehead atoms. The van der Waals surface area contributed by atoms with E-state index in [1.54, 1.807) is 43.3 Å². The first-order valence-corrected chi connectivity index (χ1v) is 11.0.